The van der Waals surface area contributed by atoms with Crippen LogP contribution >= 0.6 is 11.6 Å². The van der Waals surface area contributed by atoms with Crippen molar-refractivity contribution in [2.45, 2.75) is 6.92 Å². The van der Waals surface area contributed by atoms with Crippen LogP contribution in [0.2, 0.25) is 5.02 Å². The van der Waals surface area contributed by atoms with Gasteiger partial charge >= 0.3 is 0 Å². The SMILES string of the molecule is Cc1c(C(=O)Nc2cc(C#CCN)ccc2Cl)cnn1C. The van der Waals surface area contributed by atoms with Crippen LogP contribution in [-0.4, -0.2) is 22.2 Å². The van der Waals surface area contributed by atoms with Crippen molar-refractivity contribution in [2.24, 2.45) is 12.8 Å². The topological polar surface area (TPSA) is 72.9 Å². The smallest absolute Gasteiger partial charge is 0.259 e. The molecule has 0 fully saturated rings. The average Bonchev–Trinajstić information content (AvgIpc) is 2.80. The van der Waals surface area contributed by atoms with E-state index in [1.54, 1.807) is 29.9 Å². The van der Waals surface area contributed by atoms with Crippen molar-refractivity contribution >= 4 is 23.2 Å². The van der Waals surface area contributed by atoms with Gasteiger partial charge in [0.1, 0.15) is 0 Å². The number of hydrogen-bond donors (Lipinski definition) is 2. The molecular weight excluding hydrogens is 288 g/mol. The van der Waals surface area contributed by atoms with E-state index in [0.29, 0.717) is 16.3 Å². The normalized spacial score (nSPS) is 9.90. The molecule has 2 aromatic rings. The van der Waals surface area contributed by atoms with E-state index < -0.39 is 0 Å². The van der Waals surface area contributed by atoms with E-state index in [4.69, 9.17) is 17.3 Å². The van der Waals surface area contributed by atoms with Crippen molar-refractivity contribution in [3.05, 3.63) is 46.2 Å². The van der Waals surface area contributed by atoms with E-state index in [0.717, 1.165) is 11.3 Å². The lowest BCUT2D eigenvalue weighted by Crippen LogP contribution is -2.13. The molecule has 5 nitrogen and oxygen atoms in total. The maximum Gasteiger partial charge on any atom is 0.259 e. The molecule has 2 rings (SSSR count). The Balaban J connectivity index is 2.26. The maximum absolute atomic E-state index is 12.2. The van der Waals surface area contributed by atoms with Crippen LogP contribution in [0.3, 0.4) is 0 Å². The van der Waals surface area contributed by atoms with Crippen LogP contribution in [0.1, 0.15) is 21.6 Å². The third-order valence-corrected chi connectivity index (χ3v) is 3.36. The highest BCUT2D eigenvalue weighted by atomic mass is 35.5. The highest BCUT2D eigenvalue weighted by molar-refractivity contribution is 6.34. The van der Waals surface area contributed by atoms with Gasteiger partial charge in [-0.05, 0) is 25.1 Å². The molecule has 0 unspecified atom stereocenters. The molecular formula is C15H15ClN4O. The van der Waals surface area contributed by atoms with E-state index >= 15 is 0 Å². The summed E-state index contributed by atoms with van der Waals surface area (Å²) in [6, 6.07) is 5.18. The Morgan fingerprint density at radius 1 is 1.52 bits per heavy atom. The first-order valence-electron chi connectivity index (χ1n) is 6.31. The quantitative estimate of drug-likeness (QED) is 0.833. The first kappa shape index (κ1) is 15.1. The van der Waals surface area contributed by atoms with Crippen LogP contribution in [0.15, 0.2) is 24.4 Å². The van der Waals surface area contributed by atoms with Crippen molar-refractivity contribution in [1.82, 2.24) is 9.78 Å². The molecule has 0 saturated heterocycles. The molecule has 0 saturated carbocycles. The standard InChI is InChI=1S/C15H15ClN4O/c1-10-12(9-18-20(10)2)15(21)19-14-8-11(4-3-7-17)5-6-13(14)16/h5-6,8-9H,7,17H2,1-2H3,(H,19,21). The molecule has 0 spiro atoms. The first-order valence-corrected chi connectivity index (χ1v) is 6.69. The summed E-state index contributed by atoms with van der Waals surface area (Å²) in [6.07, 6.45) is 1.52. The number of aryl methyl sites for hydroxylation is 1. The van der Waals surface area contributed by atoms with Gasteiger partial charge in [-0.25, -0.2) is 0 Å². The predicted molar refractivity (Wildman–Crippen MR) is 83.3 cm³/mol. The van der Waals surface area contributed by atoms with Crippen LogP contribution in [0.25, 0.3) is 0 Å². The summed E-state index contributed by atoms with van der Waals surface area (Å²) in [5, 5.41) is 7.27. The summed E-state index contributed by atoms with van der Waals surface area (Å²) in [5.41, 5.74) is 7.88. The molecule has 1 amide bonds. The Morgan fingerprint density at radius 3 is 2.90 bits per heavy atom. The van der Waals surface area contributed by atoms with Gasteiger partial charge in [0.15, 0.2) is 0 Å². The lowest BCUT2D eigenvalue weighted by Gasteiger charge is -2.07. The molecule has 1 aromatic heterocycles. The van der Waals surface area contributed by atoms with Crippen LogP contribution in [0, 0.1) is 18.8 Å². The van der Waals surface area contributed by atoms with Gasteiger partial charge < -0.3 is 11.1 Å². The molecule has 0 radical (unpaired) electrons. The number of halogens is 1. The Morgan fingerprint density at radius 2 is 2.29 bits per heavy atom. The van der Waals surface area contributed by atoms with Crippen molar-refractivity contribution in [2.75, 3.05) is 11.9 Å². The molecule has 21 heavy (non-hydrogen) atoms. The van der Waals surface area contributed by atoms with Gasteiger partial charge in [0.25, 0.3) is 5.91 Å². The Labute approximate surface area is 128 Å². The predicted octanol–water partition coefficient (Wildman–Crippen LogP) is 1.94. The molecule has 0 aliphatic rings. The minimum absolute atomic E-state index is 0.258. The van der Waals surface area contributed by atoms with Crippen molar-refractivity contribution in [3.8, 4) is 11.8 Å². The number of nitrogens with zero attached hydrogens (tertiary/aromatic N) is 2. The van der Waals surface area contributed by atoms with Gasteiger partial charge in [-0.15, -0.1) is 0 Å². The van der Waals surface area contributed by atoms with Gasteiger partial charge in [-0.2, -0.15) is 5.10 Å². The fourth-order valence-corrected chi connectivity index (χ4v) is 1.93. The number of nitrogens with one attached hydrogen (secondary N) is 1. The summed E-state index contributed by atoms with van der Waals surface area (Å²) in [4.78, 5) is 12.2. The molecule has 1 aromatic carbocycles. The summed E-state index contributed by atoms with van der Waals surface area (Å²) in [6.45, 7) is 2.10. The highest BCUT2D eigenvalue weighted by Crippen LogP contribution is 2.23. The second-order valence-electron chi connectivity index (χ2n) is 4.42. The van der Waals surface area contributed by atoms with Gasteiger partial charge in [-0.1, -0.05) is 23.4 Å². The van der Waals surface area contributed by atoms with Gasteiger partial charge in [0.2, 0.25) is 0 Å². The maximum atomic E-state index is 12.2. The number of rotatable bonds is 2. The Hall–Kier alpha value is -2.29. The fraction of sp³-hybridized carbons (Fsp3) is 0.200. The zero-order valence-corrected chi connectivity index (χ0v) is 12.5. The second kappa shape index (κ2) is 6.44. The van der Waals surface area contributed by atoms with Gasteiger partial charge in [-0.3, -0.25) is 9.48 Å². The summed E-state index contributed by atoms with van der Waals surface area (Å²) in [7, 11) is 1.78. The number of benzene rings is 1. The largest absolute Gasteiger partial charge is 0.320 e. The number of hydrogen-bond acceptors (Lipinski definition) is 3. The molecule has 0 atom stereocenters. The van der Waals surface area contributed by atoms with Crippen molar-refractivity contribution < 1.29 is 4.79 Å². The average molecular weight is 303 g/mol. The highest BCUT2D eigenvalue weighted by Gasteiger charge is 2.14. The van der Waals surface area contributed by atoms with Crippen molar-refractivity contribution in [3.63, 3.8) is 0 Å². The number of carbonyl (C=O) groups is 1. The third-order valence-electron chi connectivity index (χ3n) is 3.03. The van der Waals surface area contributed by atoms with E-state index in [1.807, 2.05) is 6.92 Å². The summed E-state index contributed by atoms with van der Waals surface area (Å²) >= 11 is 6.10. The minimum atomic E-state index is -0.258. The summed E-state index contributed by atoms with van der Waals surface area (Å²) < 4.78 is 1.64. The molecule has 0 aliphatic heterocycles. The molecule has 0 aliphatic carbocycles. The fourth-order valence-electron chi connectivity index (χ4n) is 1.76. The first-order chi connectivity index (χ1) is 10.0. The molecule has 6 heteroatoms. The molecule has 0 bridgehead atoms. The van der Waals surface area contributed by atoms with Crippen LogP contribution in [0.5, 0.6) is 0 Å². The third kappa shape index (κ3) is 3.43. The summed E-state index contributed by atoms with van der Waals surface area (Å²) in [5.74, 6) is 5.40. The molecule has 1 heterocycles. The van der Waals surface area contributed by atoms with E-state index in [-0.39, 0.29) is 12.5 Å². The van der Waals surface area contributed by atoms with E-state index in [2.05, 4.69) is 22.3 Å². The Bertz CT molecular complexity index is 740. The number of carbonyl (C=O) groups excluding carboxylic acids is 1. The van der Waals surface area contributed by atoms with Crippen molar-refractivity contribution in [1.29, 1.82) is 0 Å². The van der Waals surface area contributed by atoms with E-state index in [1.165, 1.54) is 6.20 Å². The zero-order chi connectivity index (χ0) is 15.4. The lowest BCUT2D eigenvalue weighted by atomic mass is 10.2. The number of anilines is 1. The number of aromatic nitrogens is 2. The lowest BCUT2D eigenvalue weighted by molar-refractivity contribution is 0.102. The van der Waals surface area contributed by atoms with Gasteiger partial charge in [0.05, 0.1) is 29.0 Å². The zero-order valence-electron chi connectivity index (χ0n) is 11.8. The van der Waals surface area contributed by atoms with E-state index in [9.17, 15) is 4.79 Å². The van der Waals surface area contributed by atoms with Gasteiger partial charge in [0, 0.05) is 18.3 Å². The second-order valence-corrected chi connectivity index (χ2v) is 4.83. The monoisotopic (exact) mass is 302 g/mol. The minimum Gasteiger partial charge on any atom is -0.320 e. The Kier molecular flexibility index (Phi) is 4.63. The number of nitrogens with two attached hydrogens (primary N) is 1. The van der Waals surface area contributed by atoms with Crippen LogP contribution in [-0.2, 0) is 7.05 Å². The number of amides is 1. The molecule has 108 valence electrons. The molecule has 3 N–H and O–H groups in total. The van der Waals surface area contributed by atoms with Crippen LogP contribution < -0.4 is 11.1 Å². The van der Waals surface area contributed by atoms with Crippen LogP contribution in [0.4, 0.5) is 5.69 Å².